The molecule has 32 heavy (non-hydrogen) atoms. The number of thiocarbonyl (C=S) groups is 1. The van der Waals surface area contributed by atoms with Crippen molar-refractivity contribution in [1.29, 1.82) is 0 Å². The van der Waals surface area contributed by atoms with E-state index in [0.717, 1.165) is 57.1 Å². The topological polar surface area (TPSA) is 92.7 Å². The van der Waals surface area contributed by atoms with E-state index in [1.54, 1.807) is 7.11 Å². The van der Waals surface area contributed by atoms with Gasteiger partial charge in [0.15, 0.2) is 16.6 Å². The molecule has 10 heteroatoms. The number of anilines is 1. The number of nitrogens with zero attached hydrogens (tertiary/aromatic N) is 3. The van der Waals surface area contributed by atoms with E-state index in [1.807, 2.05) is 42.5 Å². The Morgan fingerprint density at radius 1 is 1.28 bits per heavy atom. The largest absolute Gasteiger partial charge is 0.493 e. The molecule has 1 aromatic carbocycles. The van der Waals surface area contributed by atoms with Gasteiger partial charge in [0.25, 0.3) is 0 Å². The SMILES string of the molecule is COc1cc(NC(=S)NCCCn2cncc2C)ccc1OCCC(=O)N1CCNCC1. The number of methoxy groups -OCH3 is 1. The van der Waals surface area contributed by atoms with Crippen LogP contribution in [0, 0.1) is 6.92 Å². The van der Waals surface area contributed by atoms with Gasteiger partial charge in [-0.3, -0.25) is 4.79 Å². The van der Waals surface area contributed by atoms with Crippen LogP contribution < -0.4 is 25.4 Å². The lowest BCUT2D eigenvalue weighted by Gasteiger charge is -2.27. The lowest BCUT2D eigenvalue weighted by molar-refractivity contribution is -0.132. The van der Waals surface area contributed by atoms with Crippen LogP contribution in [0.2, 0.25) is 0 Å². The number of ether oxygens (including phenoxy) is 2. The standard InChI is InChI=1S/C22H32N6O3S/c1-17-15-24-16-28(17)10-3-7-25-22(32)26-18-4-5-19(20(14-18)30-2)31-13-6-21(29)27-11-8-23-9-12-27/h4-5,14-16,23H,3,6-13H2,1-2H3,(H2,25,26,32). The summed E-state index contributed by atoms with van der Waals surface area (Å²) >= 11 is 5.39. The minimum Gasteiger partial charge on any atom is -0.493 e. The predicted molar refractivity (Wildman–Crippen MR) is 128 cm³/mol. The van der Waals surface area contributed by atoms with Gasteiger partial charge in [-0.1, -0.05) is 0 Å². The maximum Gasteiger partial charge on any atom is 0.226 e. The van der Waals surface area contributed by atoms with E-state index in [-0.39, 0.29) is 5.91 Å². The van der Waals surface area contributed by atoms with Crippen LogP contribution in [0.4, 0.5) is 5.69 Å². The summed E-state index contributed by atoms with van der Waals surface area (Å²) < 4.78 is 13.4. The molecule has 3 N–H and O–H groups in total. The lowest BCUT2D eigenvalue weighted by Crippen LogP contribution is -2.46. The Kier molecular flexibility index (Phi) is 9.12. The molecule has 1 fully saturated rings. The molecular weight excluding hydrogens is 428 g/mol. The van der Waals surface area contributed by atoms with E-state index in [1.165, 1.54) is 0 Å². The van der Waals surface area contributed by atoms with Crippen molar-refractivity contribution in [2.24, 2.45) is 0 Å². The summed E-state index contributed by atoms with van der Waals surface area (Å²) in [5.41, 5.74) is 1.95. The second-order valence-electron chi connectivity index (χ2n) is 7.56. The van der Waals surface area contributed by atoms with Crippen molar-refractivity contribution in [3.05, 3.63) is 36.4 Å². The van der Waals surface area contributed by atoms with Crippen molar-refractivity contribution in [3.63, 3.8) is 0 Å². The number of piperazine rings is 1. The summed E-state index contributed by atoms with van der Waals surface area (Å²) in [6, 6.07) is 5.52. The monoisotopic (exact) mass is 460 g/mol. The fraction of sp³-hybridized carbons (Fsp3) is 0.500. The predicted octanol–water partition coefficient (Wildman–Crippen LogP) is 1.78. The number of nitrogens with one attached hydrogen (secondary N) is 3. The Hall–Kier alpha value is -2.85. The molecule has 1 aromatic heterocycles. The van der Waals surface area contributed by atoms with Gasteiger partial charge in [-0.05, 0) is 37.7 Å². The number of hydrogen-bond acceptors (Lipinski definition) is 6. The maximum atomic E-state index is 12.3. The van der Waals surface area contributed by atoms with Crippen LogP contribution in [-0.4, -0.2) is 71.9 Å². The minimum absolute atomic E-state index is 0.114. The molecule has 3 rings (SSSR count). The highest BCUT2D eigenvalue weighted by Crippen LogP contribution is 2.30. The Bertz CT molecular complexity index is 898. The molecule has 2 heterocycles. The van der Waals surface area contributed by atoms with Crippen LogP contribution in [0.25, 0.3) is 0 Å². The molecule has 1 aliphatic rings. The first-order valence-corrected chi connectivity index (χ1v) is 11.3. The zero-order valence-corrected chi connectivity index (χ0v) is 19.5. The first kappa shape index (κ1) is 23.8. The van der Waals surface area contributed by atoms with Crippen LogP contribution >= 0.6 is 12.2 Å². The summed E-state index contributed by atoms with van der Waals surface area (Å²) in [6.07, 6.45) is 4.96. The normalized spacial score (nSPS) is 13.5. The molecule has 0 bridgehead atoms. The molecule has 0 aliphatic carbocycles. The minimum atomic E-state index is 0.114. The van der Waals surface area contributed by atoms with Gasteiger partial charge in [-0.2, -0.15) is 0 Å². The quantitative estimate of drug-likeness (QED) is 0.365. The fourth-order valence-corrected chi connectivity index (χ4v) is 3.65. The summed E-state index contributed by atoms with van der Waals surface area (Å²) in [6.45, 7) is 7.17. The highest BCUT2D eigenvalue weighted by Gasteiger charge is 2.16. The molecule has 0 unspecified atom stereocenters. The lowest BCUT2D eigenvalue weighted by atomic mass is 10.2. The van der Waals surface area contributed by atoms with Gasteiger partial charge in [-0.25, -0.2) is 4.98 Å². The number of carbonyl (C=O) groups excluding carboxylic acids is 1. The maximum absolute atomic E-state index is 12.3. The molecule has 174 valence electrons. The van der Waals surface area contributed by atoms with Crippen molar-refractivity contribution in [2.45, 2.75) is 26.3 Å². The van der Waals surface area contributed by atoms with E-state index in [4.69, 9.17) is 21.7 Å². The number of amides is 1. The van der Waals surface area contributed by atoms with Crippen LogP contribution in [0.1, 0.15) is 18.5 Å². The van der Waals surface area contributed by atoms with Gasteiger partial charge >= 0.3 is 0 Å². The highest BCUT2D eigenvalue weighted by molar-refractivity contribution is 7.80. The third-order valence-corrected chi connectivity index (χ3v) is 5.49. The Morgan fingerprint density at radius 2 is 2.09 bits per heavy atom. The molecule has 1 aliphatic heterocycles. The van der Waals surface area contributed by atoms with Crippen molar-refractivity contribution < 1.29 is 14.3 Å². The van der Waals surface area contributed by atoms with Crippen molar-refractivity contribution in [1.82, 2.24) is 25.1 Å². The second-order valence-corrected chi connectivity index (χ2v) is 7.97. The number of aryl methyl sites for hydroxylation is 2. The number of carbonyl (C=O) groups is 1. The Morgan fingerprint density at radius 3 is 2.81 bits per heavy atom. The van der Waals surface area contributed by atoms with Crippen LogP contribution in [0.15, 0.2) is 30.7 Å². The van der Waals surface area contributed by atoms with Gasteiger partial charge in [-0.15, -0.1) is 0 Å². The van der Waals surface area contributed by atoms with Crippen LogP contribution in [-0.2, 0) is 11.3 Å². The zero-order chi connectivity index (χ0) is 22.8. The highest BCUT2D eigenvalue weighted by atomic mass is 32.1. The molecule has 0 atom stereocenters. The Labute approximate surface area is 194 Å². The second kappa shape index (κ2) is 12.3. The fourth-order valence-electron chi connectivity index (χ4n) is 3.43. The number of hydrogen-bond donors (Lipinski definition) is 3. The third-order valence-electron chi connectivity index (χ3n) is 5.25. The van der Waals surface area contributed by atoms with Crippen molar-refractivity contribution in [2.75, 3.05) is 51.8 Å². The zero-order valence-electron chi connectivity index (χ0n) is 18.7. The van der Waals surface area contributed by atoms with Gasteiger partial charge < -0.3 is 34.9 Å². The molecule has 0 radical (unpaired) electrons. The molecule has 9 nitrogen and oxygen atoms in total. The van der Waals surface area contributed by atoms with Crippen molar-refractivity contribution >= 4 is 28.9 Å². The van der Waals surface area contributed by atoms with Crippen molar-refractivity contribution in [3.8, 4) is 11.5 Å². The number of aromatic nitrogens is 2. The summed E-state index contributed by atoms with van der Waals surface area (Å²) in [5, 5.41) is 10.2. The molecule has 1 amide bonds. The van der Waals surface area contributed by atoms with Gasteiger partial charge in [0, 0.05) is 62.9 Å². The third kappa shape index (κ3) is 7.10. The first-order chi connectivity index (χ1) is 15.6. The average molecular weight is 461 g/mol. The molecule has 2 aromatic rings. The summed E-state index contributed by atoms with van der Waals surface area (Å²) in [5.74, 6) is 1.30. The number of benzene rings is 1. The molecule has 1 saturated heterocycles. The van der Waals surface area contributed by atoms with Gasteiger partial charge in [0.1, 0.15) is 0 Å². The molecular formula is C22H32N6O3S. The summed E-state index contributed by atoms with van der Waals surface area (Å²) in [7, 11) is 1.59. The van der Waals surface area contributed by atoms with E-state index in [9.17, 15) is 4.79 Å². The van der Waals surface area contributed by atoms with Crippen LogP contribution in [0.3, 0.4) is 0 Å². The van der Waals surface area contributed by atoms with Gasteiger partial charge in [0.05, 0.1) is 26.5 Å². The molecule has 0 saturated carbocycles. The summed E-state index contributed by atoms with van der Waals surface area (Å²) in [4.78, 5) is 18.3. The van der Waals surface area contributed by atoms with Crippen LogP contribution in [0.5, 0.6) is 11.5 Å². The number of rotatable bonds is 10. The first-order valence-electron chi connectivity index (χ1n) is 10.9. The van der Waals surface area contributed by atoms with E-state index < -0.39 is 0 Å². The van der Waals surface area contributed by atoms with E-state index in [0.29, 0.717) is 29.6 Å². The van der Waals surface area contributed by atoms with E-state index in [2.05, 4.69) is 25.5 Å². The molecule has 0 spiro atoms. The number of imidazole rings is 1. The van der Waals surface area contributed by atoms with E-state index >= 15 is 0 Å². The smallest absolute Gasteiger partial charge is 0.226 e. The Balaban J connectivity index is 1.41. The van der Waals surface area contributed by atoms with Gasteiger partial charge in [0.2, 0.25) is 5.91 Å². The average Bonchev–Trinajstić information content (AvgIpc) is 3.22.